The second-order valence-corrected chi connectivity index (χ2v) is 6.52. The van der Waals surface area contributed by atoms with Crippen molar-refractivity contribution in [1.29, 1.82) is 0 Å². The number of carbonyl (C=O) groups is 1. The molecule has 2 atom stereocenters. The molecule has 1 saturated carbocycles. The van der Waals surface area contributed by atoms with Gasteiger partial charge in [-0.05, 0) is 43.6 Å². The van der Waals surface area contributed by atoms with Gasteiger partial charge in [0.1, 0.15) is 6.61 Å². The highest BCUT2D eigenvalue weighted by atomic mass is 16.6. The lowest BCUT2D eigenvalue weighted by Crippen LogP contribution is -2.57. The minimum absolute atomic E-state index is 0.0340. The smallest absolute Gasteiger partial charge is 0.410 e. The summed E-state index contributed by atoms with van der Waals surface area (Å²) in [6.07, 6.45) is 8.55. The summed E-state index contributed by atoms with van der Waals surface area (Å²) >= 11 is 0. The van der Waals surface area contributed by atoms with Gasteiger partial charge in [0.2, 0.25) is 0 Å². The van der Waals surface area contributed by atoms with Gasteiger partial charge in [0.25, 0.3) is 0 Å². The number of piperidine rings is 1. The number of fused-ring (bicyclic) bond motifs is 1. The van der Waals surface area contributed by atoms with Crippen molar-refractivity contribution in [1.82, 2.24) is 4.90 Å². The molecule has 3 rings (SSSR count). The molecule has 3 nitrogen and oxygen atoms in total. The second-order valence-electron chi connectivity index (χ2n) is 6.52. The van der Waals surface area contributed by atoms with Crippen molar-refractivity contribution >= 4 is 6.09 Å². The van der Waals surface area contributed by atoms with Gasteiger partial charge in [0, 0.05) is 6.54 Å². The van der Waals surface area contributed by atoms with Crippen LogP contribution in [0.3, 0.4) is 0 Å². The Morgan fingerprint density at radius 2 is 2.09 bits per heavy atom. The van der Waals surface area contributed by atoms with Crippen LogP contribution in [0.2, 0.25) is 0 Å². The topological polar surface area (TPSA) is 29.5 Å². The van der Waals surface area contributed by atoms with Crippen molar-refractivity contribution in [3.63, 3.8) is 0 Å². The lowest BCUT2D eigenvalue weighted by atomic mass is 9.77. The number of rotatable bonds is 4. The Balaban J connectivity index is 1.71. The number of carbonyl (C=O) groups excluding carboxylic acids is 1. The third-order valence-corrected chi connectivity index (χ3v) is 5.32. The molecule has 2 fully saturated rings. The number of likely N-dealkylation sites (tertiary alicyclic amines) is 1. The maximum Gasteiger partial charge on any atom is 0.410 e. The molecule has 0 spiro atoms. The summed E-state index contributed by atoms with van der Waals surface area (Å²) in [7, 11) is 0. The highest BCUT2D eigenvalue weighted by molar-refractivity contribution is 5.69. The molecule has 0 bridgehead atoms. The zero-order valence-corrected chi connectivity index (χ0v) is 13.2. The average molecular weight is 299 g/mol. The summed E-state index contributed by atoms with van der Waals surface area (Å²) in [4.78, 5) is 14.7. The summed E-state index contributed by atoms with van der Waals surface area (Å²) in [6, 6.07) is 9.88. The van der Waals surface area contributed by atoms with Crippen LogP contribution in [-0.2, 0) is 11.3 Å². The average Bonchev–Trinajstić information content (AvgIpc) is 2.97. The van der Waals surface area contributed by atoms with Crippen molar-refractivity contribution in [2.24, 2.45) is 5.92 Å². The van der Waals surface area contributed by atoms with Crippen LogP contribution in [0.25, 0.3) is 0 Å². The van der Waals surface area contributed by atoms with Crippen molar-refractivity contribution in [3.8, 4) is 0 Å². The normalized spacial score (nSPS) is 27.3. The van der Waals surface area contributed by atoms with Gasteiger partial charge in [-0.2, -0.15) is 0 Å². The van der Waals surface area contributed by atoms with Crippen LogP contribution in [0, 0.1) is 5.92 Å². The number of benzene rings is 1. The van der Waals surface area contributed by atoms with Crippen molar-refractivity contribution in [3.05, 3.63) is 48.6 Å². The molecule has 0 N–H and O–H groups in total. The molecule has 1 saturated heterocycles. The summed E-state index contributed by atoms with van der Waals surface area (Å²) in [5, 5.41) is 0. The van der Waals surface area contributed by atoms with E-state index in [-0.39, 0.29) is 11.6 Å². The molecule has 1 amide bonds. The highest BCUT2D eigenvalue weighted by Gasteiger charge is 2.50. The summed E-state index contributed by atoms with van der Waals surface area (Å²) < 4.78 is 5.60. The van der Waals surface area contributed by atoms with Crippen LogP contribution in [0.5, 0.6) is 0 Å². The van der Waals surface area contributed by atoms with Crippen LogP contribution in [0.4, 0.5) is 4.79 Å². The molecule has 2 aliphatic rings. The van der Waals surface area contributed by atoms with Gasteiger partial charge in [-0.3, -0.25) is 0 Å². The van der Waals surface area contributed by atoms with E-state index in [0.717, 1.165) is 31.4 Å². The quantitative estimate of drug-likeness (QED) is 0.764. The van der Waals surface area contributed by atoms with Gasteiger partial charge in [-0.1, -0.05) is 42.8 Å². The second kappa shape index (κ2) is 6.55. The molecule has 3 heteroatoms. The van der Waals surface area contributed by atoms with E-state index in [1.54, 1.807) is 0 Å². The van der Waals surface area contributed by atoms with E-state index in [1.807, 2.05) is 41.3 Å². The Labute approximate surface area is 133 Å². The molecule has 0 radical (unpaired) electrons. The molecule has 1 unspecified atom stereocenters. The Kier molecular flexibility index (Phi) is 4.51. The fraction of sp³-hybridized carbons (Fsp3) is 0.526. The Hall–Kier alpha value is -1.77. The summed E-state index contributed by atoms with van der Waals surface area (Å²) in [6.45, 7) is 5.09. The molecular formula is C19H25NO2. The largest absolute Gasteiger partial charge is 0.445 e. The number of hydrogen-bond donors (Lipinski definition) is 0. The molecule has 1 heterocycles. The fourth-order valence-electron chi connectivity index (χ4n) is 4.31. The number of nitrogens with zero attached hydrogens (tertiary/aromatic N) is 1. The predicted octanol–water partition coefficient (Wildman–Crippen LogP) is 4.53. The molecule has 0 aromatic heterocycles. The molecule has 1 aromatic carbocycles. The third-order valence-electron chi connectivity index (χ3n) is 5.32. The van der Waals surface area contributed by atoms with Crippen LogP contribution in [0.1, 0.15) is 44.1 Å². The Bertz CT molecular complexity index is 527. The summed E-state index contributed by atoms with van der Waals surface area (Å²) in [5.41, 5.74) is 1.00. The van der Waals surface area contributed by atoms with Gasteiger partial charge in [0.15, 0.2) is 0 Å². The monoisotopic (exact) mass is 299 g/mol. The van der Waals surface area contributed by atoms with Gasteiger partial charge < -0.3 is 9.64 Å². The first kappa shape index (κ1) is 15.1. The van der Waals surface area contributed by atoms with Gasteiger partial charge in [-0.15, -0.1) is 6.58 Å². The van der Waals surface area contributed by atoms with E-state index in [0.29, 0.717) is 12.5 Å². The Morgan fingerprint density at radius 1 is 1.32 bits per heavy atom. The van der Waals surface area contributed by atoms with Crippen molar-refractivity contribution < 1.29 is 9.53 Å². The predicted molar refractivity (Wildman–Crippen MR) is 87.5 cm³/mol. The van der Waals surface area contributed by atoms with Crippen molar-refractivity contribution in [2.45, 2.75) is 50.7 Å². The van der Waals surface area contributed by atoms with E-state index in [1.165, 1.54) is 19.3 Å². The molecule has 1 aliphatic heterocycles. The van der Waals surface area contributed by atoms with E-state index < -0.39 is 0 Å². The SMILES string of the molecule is C=CC[C@@]12CCCC1CCCN2C(=O)OCc1ccccc1. The van der Waals surface area contributed by atoms with Crippen LogP contribution < -0.4 is 0 Å². The lowest BCUT2D eigenvalue weighted by molar-refractivity contribution is 0.00436. The minimum atomic E-state index is -0.155. The van der Waals surface area contributed by atoms with Crippen LogP contribution >= 0.6 is 0 Å². The summed E-state index contributed by atoms with van der Waals surface area (Å²) in [5.74, 6) is 0.614. The maximum absolute atomic E-state index is 12.7. The first-order valence-corrected chi connectivity index (χ1v) is 8.35. The fourth-order valence-corrected chi connectivity index (χ4v) is 4.31. The first-order valence-electron chi connectivity index (χ1n) is 8.35. The number of ether oxygens (including phenoxy) is 1. The van der Waals surface area contributed by atoms with Crippen LogP contribution in [-0.4, -0.2) is 23.1 Å². The van der Waals surface area contributed by atoms with Gasteiger partial charge in [-0.25, -0.2) is 4.79 Å². The van der Waals surface area contributed by atoms with E-state index in [9.17, 15) is 4.79 Å². The molecular weight excluding hydrogens is 274 g/mol. The van der Waals surface area contributed by atoms with E-state index >= 15 is 0 Å². The van der Waals surface area contributed by atoms with Crippen molar-refractivity contribution in [2.75, 3.05) is 6.54 Å². The standard InChI is InChI=1S/C19H25NO2/c1-2-12-19-13-6-10-17(19)11-7-14-20(19)18(21)22-15-16-8-4-3-5-9-16/h2-5,8-9,17H,1,6-7,10-15H2/t17?,19-/m1/s1. The maximum atomic E-state index is 12.7. The zero-order valence-electron chi connectivity index (χ0n) is 13.2. The van der Waals surface area contributed by atoms with E-state index in [4.69, 9.17) is 4.74 Å². The minimum Gasteiger partial charge on any atom is -0.445 e. The Morgan fingerprint density at radius 3 is 2.86 bits per heavy atom. The third kappa shape index (κ3) is 2.77. The number of hydrogen-bond acceptors (Lipinski definition) is 2. The highest BCUT2D eigenvalue weighted by Crippen LogP contribution is 2.48. The molecule has 118 valence electrons. The lowest BCUT2D eigenvalue weighted by Gasteiger charge is -2.48. The van der Waals surface area contributed by atoms with Crippen LogP contribution in [0.15, 0.2) is 43.0 Å². The van der Waals surface area contributed by atoms with Gasteiger partial charge in [0.05, 0.1) is 5.54 Å². The zero-order chi connectivity index (χ0) is 15.4. The molecule has 1 aromatic rings. The number of amides is 1. The van der Waals surface area contributed by atoms with E-state index in [2.05, 4.69) is 6.58 Å². The first-order chi connectivity index (χ1) is 10.8. The van der Waals surface area contributed by atoms with Gasteiger partial charge >= 0.3 is 6.09 Å². The molecule has 1 aliphatic carbocycles. The molecule has 22 heavy (non-hydrogen) atoms.